The molecule has 0 heterocycles. The minimum Gasteiger partial charge on any atom is -0.325 e. The zero-order chi connectivity index (χ0) is 18.4. The number of carbonyl (C=O) groups excluding carboxylic acids is 1. The fourth-order valence-electron chi connectivity index (χ4n) is 2.61. The SMILES string of the molecule is CC[C@H](C)c1ccc(NC(=O)[C@@H](C)N(C)Cc2ccccc2F)cc1. The van der Waals surface area contributed by atoms with Gasteiger partial charge < -0.3 is 5.32 Å². The number of amides is 1. The van der Waals surface area contributed by atoms with Crippen molar-refractivity contribution in [1.29, 1.82) is 0 Å². The second kappa shape index (κ2) is 8.77. The van der Waals surface area contributed by atoms with Crippen LogP contribution < -0.4 is 5.32 Å². The Bertz CT molecular complexity index is 699. The molecule has 2 aromatic carbocycles. The summed E-state index contributed by atoms with van der Waals surface area (Å²) >= 11 is 0. The van der Waals surface area contributed by atoms with Crippen LogP contribution in [0.25, 0.3) is 0 Å². The minimum absolute atomic E-state index is 0.102. The first-order valence-corrected chi connectivity index (χ1v) is 8.76. The van der Waals surface area contributed by atoms with Crippen molar-refractivity contribution in [3.05, 3.63) is 65.5 Å². The third-order valence-electron chi connectivity index (χ3n) is 4.78. The van der Waals surface area contributed by atoms with Crippen LogP contribution in [-0.4, -0.2) is 23.9 Å². The van der Waals surface area contributed by atoms with Gasteiger partial charge in [0, 0.05) is 17.8 Å². The lowest BCUT2D eigenvalue weighted by atomic mass is 9.98. The number of rotatable bonds is 7. The van der Waals surface area contributed by atoms with Crippen LogP contribution in [-0.2, 0) is 11.3 Å². The summed E-state index contributed by atoms with van der Waals surface area (Å²) in [5.41, 5.74) is 2.64. The molecule has 2 aromatic rings. The molecule has 0 unspecified atom stereocenters. The molecule has 0 radical (unpaired) electrons. The van der Waals surface area contributed by atoms with E-state index in [4.69, 9.17) is 0 Å². The van der Waals surface area contributed by atoms with Gasteiger partial charge in [0.1, 0.15) is 5.82 Å². The van der Waals surface area contributed by atoms with Gasteiger partial charge in [0.05, 0.1) is 6.04 Å². The molecule has 0 fully saturated rings. The fourth-order valence-corrected chi connectivity index (χ4v) is 2.61. The molecule has 0 spiro atoms. The number of nitrogens with one attached hydrogen (secondary N) is 1. The zero-order valence-electron chi connectivity index (χ0n) is 15.4. The second-order valence-corrected chi connectivity index (χ2v) is 6.60. The van der Waals surface area contributed by atoms with Gasteiger partial charge in [0.2, 0.25) is 5.91 Å². The van der Waals surface area contributed by atoms with Crippen LogP contribution in [0.4, 0.5) is 10.1 Å². The highest BCUT2D eigenvalue weighted by molar-refractivity contribution is 5.94. The van der Waals surface area contributed by atoms with E-state index in [-0.39, 0.29) is 17.8 Å². The maximum Gasteiger partial charge on any atom is 0.241 e. The van der Waals surface area contributed by atoms with Gasteiger partial charge in [-0.1, -0.05) is 44.2 Å². The summed E-state index contributed by atoms with van der Waals surface area (Å²) in [5.74, 6) is 0.160. The Balaban J connectivity index is 1.96. The van der Waals surface area contributed by atoms with Gasteiger partial charge in [-0.3, -0.25) is 9.69 Å². The lowest BCUT2D eigenvalue weighted by molar-refractivity contribution is -0.120. The van der Waals surface area contributed by atoms with E-state index in [2.05, 4.69) is 31.3 Å². The molecule has 1 N–H and O–H groups in total. The highest BCUT2D eigenvalue weighted by Gasteiger charge is 2.19. The highest BCUT2D eigenvalue weighted by Crippen LogP contribution is 2.20. The number of anilines is 1. The first-order chi connectivity index (χ1) is 11.9. The smallest absolute Gasteiger partial charge is 0.241 e. The van der Waals surface area contributed by atoms with Crippen LogP contribution in [0.2, 0.25) is 0 Å². The molecule has 0 saturated heterocycles. The predicted molar refractivity (Wildman–Crippen MR) is 101 cm³/mol. The Kier molecular flexibility index (Phi) is 6.71. The number of likely N-dealkylation sites (N-methyl/N-ethyl adjacent to an activating group) is 1. The van der Waals surface area contributed by atoms with Crippen LogP contribution >= 0.6 is 0 Å². The molecule has 25 heavy (non-hydrogen) atoms. The maximum atomic E-state index is 13.8. The summed E-state index contributed by atoms with van der Waals surface area (Å²) in [5, 5.41) is 2.93. The zero-order valence-corrected chi connectivity index (χ0v) is 15.4. The Morgan fingerprint density at radius 3 is 2.36 bits per heavy atom. The second-order valence-electron chi connectivity index (χ2n) is 6.60. The van der Waals surface area contributed by atoms with Crippen LogP contribution in [0.3, 0.4) is 0 Å². The normalized spacial score (nSPS) is 13.5. The lowest BCUT2D eigenvalue weighted by Crippen LogP contribution is -2.39. The van der Waals surface area contributed by atoms with Crippen LogP contribution in [0.5, 0.6) is 0 Å². The molecule has 4 heteroatoms. The van der Waals surface area contributed by atoms with Crippen molar-refractivity contribution < 1.29 is 9.18 Å². The molecule has 3 nitrogen and oxygen atoms in total. The van der Waals surface area contributed by atoms with Crippen molar-refractivity contribution in [2.75, 3.05) is 12.4 Å². The first-order valence-electron chi connectivity index (χ1n) is 8.76. The number of carbonyl (C=O) groups is 1. The van der Waals surface area contributed by atoms with Gasteiger partial charge >= 0.3 is 0 Å². The molecule has 0 aliphatic carbocycles. The molecule has 1 amide bonds. The van der Waals surface area contributed by atoms with E-state index in [1.807, 2.05) is 31.0 Å². The van der Waals surface area contributed by atoms with Gasteiger partial charge in [0.15, 0.2) is 0 Å². The van der Waals surface area contributed by atoms with Gasteiger partial charge in [-0.05, 0) is 50.1 Å². The van der Waals surface area contributed by atoms with Crippen LogP contribution in [0.15, 0.2) is 48.5 Å². The van der Waals surface area contributed by atoms with E-state index in [0.29, 0.717) is 18.0 Å². The van der Waals surface area contributed by atoms with E-state index >= 15 is 0 Å². The van der Waals surface area contributed by atoms with Gasteiger partial charge in [-0.25, -0.2) is 4.39 Å². The fraction of sp³-hybridized carbons (Fsp3) is 0.381. The summed E-state index contributed by atoms with van der Waals surface area (Å²) in [6.45, 7) is 6.55. The predicted octanol–water partition coefficient (Wildman–Crippen LogP) is 4.80. The molecule has 2 rings (SSSR count). The van der Waals surface area contributed by atoms with Gasteiger partial charge in [-0.2, -0.15) is 0 Å². The summed E-state index contributed by atoms with van der Waals surface area (Å²) in [6, 6.07) is 14.2. The number of nitrogens with zero attached hydrogens (tertiary/aromatic N) is 1. The molecular weight excluding hydrogens is 315 g/mol. The van der Waals surface area contributed by atoms with E-state index in [0.717, 1.165) is 12.1 Å². The van der Waals surface area contributed by atoms with Crippen molar-refractivity contribution in [1.82, 2.24) is 4.90 Å². The van der Waals surface area contributed by atoms with Gasteiger partial charge in [0.25, 0.3) is 0 Å². The van der Waals surface area contributed by atoms with E-state index in [9.17, 15) is 9.18 Å². The van der Waals surface area contributed by atoms with Crippen LogP contribution in [0, 0.1) is 5.82 Å². The highest BCUT2D eigenvalue weighted by atomic mass is 19.1. The Morgan fingerprint density at radius 2 is 1.76 bits per heavy atom. The van der Waals surface area contributed by atoms with Crippen molar-refractivity contribution >= 4 is 11.6 Å². The Morgan fingerprint density at radius 1 is 1.12 bits per heavy atom. The third-order valence-corrected chi connectivity index (χ3v) is 4.78. The molecule has 0 aliphatic rings. The maximum absolute atomic E-state index is 13.8. The topological polar surface area (TPSA) is 32.3 Å². The standard InChI is InChI=1S/C21H27FN2O/c1-5-15(2)17-10-12-19(13-11-17)23-21(25)16(3)24(4)14-18-8-6-7-9-20(18)22/h6-13,15-16H,5,14H2,1-4H3,(H,23,25)/t15-,16+/m0/s1. The summed E-state index contributed by atoms with van der Waals surface area (Å²) in [4.78, 5) is 14.3. The molecule has 0 bridgehead atoms. The Labute approximate surface area is 149 Å². The number of hydrogen-bond donors (Lipinski definition) is 1. The average molecular weight is 342 g/mol. The average Bonchev–Trinajstić information content (AvgIpc) is 2.62. The Hall–Kier alpha value is -2.20. The third kappa shape index (κ3) is 5.13. The lowest BCUT2D eigenvalue weighted by Gasteiger charge is -2.24. The number of hydrogen-bond acceptors (Lipinski definition) is 2. The number of benzene rings is 2. The van der Waals surface area contributed by atoms with Gasteiger partial charge in [-0.15, -0.1) is 0 Å². The van der Waals surface area contributed by atoms with E-state index in [1.54, 1.807) is 18.2 Å². The van der Waals surface area contributed by atoms with Crippen LogP contribution in [0.1, 0.15) is 44.2 Å². The van der Waals surface area contributed by atoms with Crippen molar-refractivity contribution in [2.24, 2.45) is 0 Å². The van der Waals surface area contributed by atoms with Crippen molar-refractivity contribution in [3.8, 4) is 0 Å². The van der Waals surface area contributed by atoms with E-state index < -0.39 is 0 Å². The summed E-state index contributed by atoms with van der Waals surface area (Å²) < 4.78 is 13.8. The molecule has 134 valence electrons. The molecule has 0 aliphatic heterocycles. The number of halogens is 1. The van der Waals surface area contributed by atoms with Crippen molar-refractivity contribution in [3.63, 3.8) is 0 Å². The monoisotopic (exact) mass is 342 g/mol. The molecular formula is C21H27FN2O. The summed E-state index contributed by atoms with van der Waals surface area (Å²) in [6.07, 6.45) is 1.09. The van der Waals surface area contributed by atoms with E-state index in [1.165, 1.54) is 11.6 Å². The quantitative estimate of drug-likeness (QED) is 0.784. The first kappa shape index (κ1) is 19.1. The minimum atomic E-state index is -0.367. The largest absolute Gasteiger partial charge is 0.325 e. The molecule has 2 atom stereocenters. The summed E-state index contributed by atoms with van der Waals surface area (Å²) in [7, 11) is 1.82. The van der Waals surface area contributed by atoms with Crippen molar-refractivity contribution in [2.45, 2.75) is 45.7 Å². The molecule has 0 aromatic heterocycles. The molecule has 0 saturated carbocycles.